The number of likely N-dealkylation sites (tertiary alicyclic amines) is 1. The maximum atomic E-state index is 8.60. The molecule has 0 aromatic heterocycles. The van der Waals surface area contributed by atoms with Gasteiger partial charge in [0.15, 0.2) is 0 Å². The van der Waals surface area contributed by atoms with Crippen molar-refractivity contribution in [3.63, 3.8) is 0 Å². The van der Waals surface area contributed by atoms with Gasteiger partial charge in [0, 0.05) is 19.1 Å². The molecule has 1 aliphatic rings. The molecule has 2 unspecified atom stereocenters. The zero-order valence-electron chi connectivity index (χ0n) is 10.6. The minimum Gasteiger partial charge on any atom is -0.394 e. The molecular weight excluding hydrogens is 204 g/mol. The molecule has 0 radical (unpaired) electrons. The summed E-state index contributed by atoms with van der Waals surface area (Å²) >= 11 is 0. The fourth-order valence-corrected chi connectivity index (χ4v) is 2.46. The Hall–Kier alpha value is -0.160. The summed E-state index contributed by atoms with van der Waals surface area (Å²) in [6, 6.07) is 0.680. The van der Waals surface area contributed by atoms with Gasteiger partial charge in [-0.3, -0.25) is 0 Å². The van der Waals surface area contributed by atoms with Crippen LogP contribution in [0.4, 0.5) is 0 Å². The highest BCUT2D eigenvalue weighted by atomic mass is 16.5. The molecule has 96 valence electrons. The van der Waals surface area contributed by atoms with E-state index < -0.39 is 0 Å². The monoisotopic (exact) mass is 230 g/mol. The highest BCUT2D eigenvalue weighted by molar-refractivity contribution is 4.83. The molecule has 2 atom stereocenters. The Morgan fingerprint density at radius 2 is 2.25 bits per heavy atom. The maximum Gasteiger partial charge on any atom is 0.0698 e. The molecular formula is C12H26N2O2. The van der Waals surface area contributed by atoms with Crippen LogP contribution in [0.2, 0.25) is 0 Å². The molecule has 0 bridgehead atoms. The number of aliphatic hydroxyl groups excluding tert-OH is 1. The molecule has 4 heteroatoms. The highest BCUT2D eigenvalue weighted by Crippen LogP contribution is 2.19. The normalized spacial score (nSPS) is 27.2. The minimum atomic E-state index is 0.124. The molecule has 1 fully saturated rings. The number of aliphatic hydroxyl groups is 1. The minimum absolute atomic E-state index is 0.124. The van der Waals surface area contributed by atoms with E-state index in [-0.39, 0.29) is 6.61 Å². The smallest absolute Gasteiger partial charge is 0.0698 e. The fourth-order valence-electron chi connectivity index (χ4n) is 2.46. The first-order valence-electron chi connectivity index (χ1n) is 6.40. The van der Waals surface area contributed by atoms with Crippen LogP contribution in [0.1, 0.15) is 19.8 Å². The third-order valence-corrected chi connectivity index (χ3v) is 3.50. The third-order valence-electron chi connectivity index (χ3n) is 3.50. The van der Waals surface area contributed by atoms with Crippen LogP contribution in [-0.2, 0) is 4.74 Å². The second kappa shape index (κ2) is 8.01. The van der Waals surface area contributed by atoms with Crippen LogP contribution in [-0.4, -0.2) is 62.6 Å². The summed E-state index contributed by atoms with van der Waals surface area (Å²) in [6.07, 6.45) is 2.47. The maximum absolute atomic E-state index is 8.60. The molecule has 2 N–H and O–H groups in total. The van der Waals surface area contributed by atoms with Gasteiger partial charge in [0.1, 0.15) is 0 Å². The summed E-state index contributed by atoms with van der Waals surface area (Å²) in [6.45, 7) is 6.91. The molecule has 0 saturated carbocycles. The number of hydrogen-bond donors (Lipinski definition) is 2. The summed E-state index contributed by atoms with van der Waals surface area (Å²) < 4.78 is 5.30. The Morgan fingerprint density at radius 1 is 1.44 bits per heavy atom. The zero-order valence-corrected chi connectivity index (χ0v) is 10.6. The molecule has 1 heterocycles. The van der Waals surface area contributed by atoms with Gasteiger partial charge in [0.05, 0.1) is 19.8 Å². The van der Waals surface area contributed by atoms with E-state index in [0.29, 0.717) is 12.6 Å². The number of hydrogen-bond acceptors (Lipinski definition) is 4. The standard InChI is InChI=1S/C12H26N2O2/c1-3-11-10-14(5-4-12(11)13-2)6-8-16-9-7-15/h11-13,15H,3-10H2,1-2H3. The summed E-state index contributed by atoms with van der Waals surface area (Å²) in [5.41, 5.74) is 0. The quantitative estimate of drug-likeness (QED) is 0.618. The molecule has 4 nitrogen and oxygen atoms in total. The average Bonchev–Trinajstić information content (AvgIpc) is 2.34. The van der Waals surface area contributed by atoms with Crippen LogP contribution in [0.3, 0.4) is 0 Å². The Bertz CT molecular complexity index is 178. The van der Waals surface area contributed by atoms with E-state index in [1.807, 2.05) is 0 Å². The Morgan fingerprint density at radius 3 is 2.88 bits per heavy atom. The lowest BCUT2D eigenvalue weighted by Crippen LogP contribution is -2.48. The fraction of sp³-hybridized carbons (Fsp3) is 1.00. The molecule has 16 heavy (non-hydrogen) atoms. The SMILES string of the molecule is CCC1CN(CCOCCO)CCC1NC. The summed E-state index contributed by atoms with van der Waals surface area (Å²) in [4.78, 5) is 2.47. The molecule has 1 rings (SSSR count). The average molecular weight is 230 g/mol. The van der Waals surface area contributed by atoms with Crippen molar-refractivity contribution in [2.45, 2.75) is 25.8 Å². The molecule has 0 amide bonds. The number of nitrogens with zero attached hydrogens (tertiary/aromatic N) is 1. The first-order chi connectivity index (χ1) is 7.81. The van der Waals surface area contributed by atoms with Gasteiger partial charge in [-0.05, 0) is 25.9 Å². The van der Waals surface area contributed by atoms with Gasteiger partial charge in [0.25, 0.3) is 0 Å². The third kappa shape index (κ3) is 4.37. The van der Waals surface area contributed by atoms with Gasteiger partial charge in [-0.25, -0.2) is 0 Å². The van der Waals surface area contributed by atoms with Crippen molar-refractivity contribution in [1.29, 1.82) is 0 Å². The van der Waals surface area contributed by atoms with Crippen LogP contribution in [0.15, 0.2) is 0 Å². The Kier molecular flexibility index (Phi) is 6.96. The molecule has 0 aromatic rings. The molecule has 0 spiro atoms. The van der Waals surface area contributed by atoms with Crippen LogP contribution in [0.5, 0.6) is 0 Å². The van der Waals surface area contributed by atoms with Crippen LogP contribution in [0.25, 0.3) is 0 Å². The second-order valence-corrected chi connectivity index (χ2v) is 4.49. The first-order valence-corrected chi connectivity index (χ1v) is 6.40. The van der Waals surface area contributed by atoms with Gasteiger partial charge in [-0.1, -0.05) is 13.3 Å². The van der Waals surface area contributed by atoms with Gasteiger partial charge in [0.2, 0.25) is 0 Å². The van der Waals surface area contributed by atoms with Crippen LogP contribution < -0.4 is 5.32 Å². The summed E-state index contributed by atoms with van der Waals surface area (Å²) in [5, 5.41) is 12.0. The predicted octanol–water partition coefficient (Wildman–Crippen LogP) is 0.315. The predicted molar refractivity (Wildman–Crippen MR) is 65.6 cm³/mol. The largest absolute Gasteiger partial charge is 0.394 e. The van der Waals surface area contributed by atoms with Crippen molar-refractivity contribution in [1.82, 2.24) is 10.2 Å². The van der Waals surface area contributed by atoms with E-state index in [2.05, 4.69) is 24.2 Å². The van der Waals surface area contributed by atoms with Crippen molar-refractivity contribution in [3.8, 4) is 0 Å². The van der Waals surface area contributed by atoms with E-state index in [4.69, 9.17) is 9.84 Å². The molecule has 1 aliphatic heterocycles. The topological polar surface area (TPSA) is 44.7 Å². The number of ether oxygens (including phenoxy) is 1. The lowest BCUT2D eigenvalue weighted by Gasteiger charge is -2.38. The van der Waals surface area contributed by atoms with Crippen LogP contribution >= 0.6 is 0 Å². The zero-order chi connectivity index (χ0) is 11.8. The van der Waals surface area contributed by atoms with E-state index in [1.54, 1.807) is 0 Å². The first kappa shape index (κ1) is 13.9. The van der Waals surface area contributed by atoms with E-state index in [9.17, 15) is 0 Å². The van der Waals surface area contributed by atoms with Gasteiger partial charge < -0.3 is 20.1 Å². The number of rotatable bonds is 7. The van der Waals surface area contributed by atoms with Crippen molar-refractivity contribution < 1.29 is 9.84 Å². The van der Waals surface area contributed by atoms with Gasteiger partial charge >= 0.3 is 0 Å². The van der Waals surface area contributed by atoms with E-state index in [0.717, 1.165) is 25.6 Å². The van der Waals surface area contributed by atoms with Gasteiger partial charge in [-0.2, -0.15) is 0 Å². The lowest BCUT2D eigenvalue weighted by atomic mass is 9.90. The van der Waals surface area contributed by atoms with Crippen molar-refractivity contribution in [2.75, 3.05) is 46.5 Å². The van der Waals surface area contributed by atoms with Crippen molar-refractivity contribution in [3.05, 3.63) is 0 Å². The molecule has 0 aliphatic carbocycles. The molecule has 1 saturated heterocycles. The highest BCUT2D eigenvalue weighted by Gasteiger charge is 2.26. The van der Waals surface area contributed by atoms with Crippen molar-refractivity contribution in [2.24, 2.45) is 5.92 Å². The Labute approximate surface area is 99.0 Å². The summed E-state index contributed by atoms with van der Waals surface area (Å²) in [5.74, 6) is 0.761. The second-order valence-electron chi connectivity index (χ2n) is 4.49. The summed E-state index contributed by atoms with van der Waals surface area (Å²) in [7, 11) is 2.06. The van der Waals surface area contributed by atoms with E-state index >= 15 is 0 Å². The van der Waals surface area contributed by atoms with Crippen molar-refractivity contribution >= 4 is 0 Å². The lowest BCUT2D eigenvalue weighted by molar-refractivity contribution is 0.0566. The Balaban J connectivity index is 2.20. The number of piperidine rings is 1. The number of nitrogens with one attached hydrogen (secondary N) is 1. The van der Waals surface area contributed by atoms with Gasteiger partial charge in [-0.15, -0.1) is 0 Å². The van der Waals surface area contributed by atoms with Crippen LogP contribution in [0, 0.1) is 5.92 Å². The molecule has 0 aromatic carbocycles. The van der Waals surface area contributed by atoms with E-state index in [1.165, 1.54) is 19.4 Å².